The number of fused-ring (bicyclic) bond motifs is 2. The molecule has 1 aliphatic heterocycles. The summed E-state index contributed by atoms with van der Waals surface area (Å²) in [6.07, 6.45) is 6.13. The van der Waals surface area contributed by atoms with Crippen molar-refractivity contribution >= 4 is 11.8 Å². The second kappa shape index (κ2) is 2.47. The van der Waals surface area contributed by atoms with Gasteiger partial charge in [0.05, 0.1) is 11.8 Å². The van der Waals surface area contributed by atoms with Crippen molar-refractivity contribution in [3.05, 3.63) is 12.2 Å². The molecular weight excluding hydrogens is 178 g/mol. The summed E-state index contributed by atoms with van der Waals surface area (Å²) in [5.74, 6) is 1.19. The van der Waals surface area contributed by atoms with Gasteiger partial charge in [-0.05, 0) is 24.7 Å². The zero-order valence-electron chi connectivity index (χ0n) is 8.14. The van der Waals surface area contributed by atoms with Crippen molar-refractivity contribution in [1.29, 1.82) is 0 Å². The number of imide groups is 1. The fraction of sp³-hybridized carbons (Fsp3) is 0.636. The largest absolute Gasteiger partial charge is 0.285 e. The van der Waals surface area contributed by atoms with Crippen LogP contribution in [-0.2, 0) is 9.59 Å². The van der Waals surface area contributed by atoms with E-state index in [0.29, 0.717) is 11.8 Å². The predicted molar refractivity (Wildman–Crippen MR) is 50.1 cm³/mol. The Hall–Kier alpha value is -1.12. The summed E-state index contributed by atoms with van der Waals surface area (Å²) in [7, 11) is 1.61. The van der Waals surface area contributed by atoms with Gasteiger partial charge in [-0.25, -0.2) is 0 Å². The van der Waals surface area contributed by atoms with Gasteiger partial charge in [-0.1, -0.05) is 12.2 Å². The lowest BCUT2D eigenvalue weighted by Gasteiger charge is -2.38. The van der Waals surface area contributed by atoms with E-state index < -0.39 is 0 Å². The zero-order valence-corrected chi connectivity index (χ0v) is 8.14. The summed E-state index contributed by atoms with van der Waals surface area (Å²) in [5, 5.41) is 0. The van der Waals surface area contributed by atoms with Crippen molar-refractivity contribution in [1.82, 2.24) is 4.90 Å². The van der Waals surface area contributed by atoms with E-state index in [4.69, 9.17) is 0 Å². The third kappa shape index (κ3) is 0.825. The summed E-state index contributed by atoms with van der Waals surface area (Å²) in [6, 6.07) is 0. The lowest BCUT2D eigenvalue weighted by molar-refractivity contribution is -0.138. The number of nitrogens with zero attached hydrogens (tertiary/aromatic N) is 1. The number of carbonyl (C=O) groups is 2. The van der Waals surface area contributed by atoms with Crippen molar-refractivity contribution in [2.75, 3.05) is 7.05 Å². The maximum atomic E-state index is 11.7. The van der Waals surface area contributed by atoms with Gasteiger partial charge in [-0.2, -0.15) is 0 Å². The van der Waals surface area contributed by atoms with Crippen LogP contribution in [0.4, 0.5) is 0 Å². The van der Waals surface area contributed by atoms with Crippen LogP contribution in [-0.4, -0.2) is 23.8 Å². The molecule has 2 fully saturated rings. The summed E-state index contributed by atoms with van der Waals surface area (Å²) < 4.78 is 0. The van der Waals surface area contributed by atoms with Crippen molar-refractivity contribution in [2.45, 2.75) is 12.8 Å². The molecule has 0 aromatic heterocycles. The fourth-order valence-electron chi connectivity index (χ4n) is 3.00. The SMILES string of the molecule is CN1C(=O)C2CC3C=CC3CC2C1=O. The molecule has 1 saturated carbocycles. The van der Waals surface area contributed by atoms with Crippen LogP contribution in [0.25, 0.3) is 0 Å². The van der Waals surface area contributed by atoms with Crippen LogP contribution in [0, 0.1) is 23.7 Å². The molecule has 3 nitrogen and oxygen atoms in total. The summed E-state index contributed by atoms with van der Waals surface area (Å²) in [6.45, 7) is 0. The third-order valence-corrected chi connectivity index (χ3v) is 3.99. The highest BCUT2D eigenvalue weighted by Gasteiger charge is 2.51. The second-order valence-electron chi connectivity index (χ2n) is 4.63. The monoisotopic (exact) mass is 191 g/mol. The zero-order chi connectivity index (χ0) is 9.87. The molecule has 4 unspecified atom stereocenters. The molecule has 2 amide bonds. The van der Waals surface area contributed by atoms with Crippen LogP contribution >= 0.6 is 0 Å². The van der Waals surface area contributed by atoms with E-state index in [1.54, 1.807) is 7.05 Å². The third-order valence-electron chi connectivity index (χ3n) is 3.99. The summed E-state index contributed by atoms with van der Waals surface area (Å²) in [4.78, 5) is 24.7. The average molecular weight is 191 g/mol. The molecule has 1 saturated heterocycles. The number of likely N-dealkylation sites (tertiary alicyclic amines) is 1. The number of hydrogen-bond acceptors (Lipinski definition) is 2. The molecule has 3 rings (SSSR count). The van der Waals surface area contributed by atoms with Crippen molar-refractivity contribution in [3.63, 3.8) is 0 Å². The fourth-order valence-corrected chi connectivity index (χ4v) is 3.00. The standard InChI is InChI=1S/C11H13NO2/c1-12-10(13)8-4-6-2-3-7(6)5-9(8)11(12)14/h2-3,6-9H,4-5H2,1H3. The quantitative estimate of drug-likeness (QED) is 0.420. The maximum Gasteiger partial charge on any atom is 0.232 e. The lowest BCUT2D eigenvalue weighted by Crippen LogP contribution is -2.35. The number of carbonyl (C=O) groups excluding carboxylic acids is 2. The molecule has 3 aliphatic rings. The molecule has 0 aromatic rings. The number of hydrogen-bond donors (Lipinski definition) is 0. The van der Waals surface area contributed by atoms with Gasteiger partial charge in [0.2, 0.25) is 11.8 Å². The van der Waals surface area contributed by atoms with Crippen LogP contribution < -0.4 is 0 Å². The van der Waals surface area contributed by atoms with Gasteiger partial charge >= 0.3 is 0 Å². The normalized spacial score (nSPS) is 44.8. The molecule has 0 spiro atoms. The van der Waals surface area contributed by atoms with Gasteiger partial charge in [0.15, 0.2) is 0 Å². The smallest absolute Gasteiger partial charge is 0.232 e. The first-order valence-corrected chi connectivity index (χ1v) is 5.18. The number of rotatable bonds is 0. The van der Waals surface area contributed by atoms with Crippen LogP contribution in [0.3, 0.4) is 0 Å². The van der Waals surface area contributed by atoms with Gasteiger partial charge in [-0.3, -0.25) is 14.5 Å². The van der Waals surface area contributed by atoms with E-state index in [9.17, 15) is 9.59 Å². The number of amides is 2. The van der Waals surface area contributed by atoms with Gasteiger partial charge in [0.25, 0.3) is 0 Å². The van der Waals surface area contributed by atoms with E-state index in [0.717, 1.165) is 12.8 Å². The Labute approximate surface area is 82.8 Å². The molecule has 0 N–H and O–H groups in total. The second-order valence-corrected chi connectivity index (χ2v) is 4.63. The molecule has 3 heteroatoms. The van der Waals surface area contributed by atoms with E-state index >= 15 is 0 Å². The molecule has 14 heavy (non-hydrogen) atoms. The van der Waals surface area contributed by atoms with Crippen molar-refractivity contribution < 1.29 is 9.59 Å². The molecule has 74 valence electrons. The lowest BCUT2D eigenvalue weighted by atomic mass is 9.64. The Kier molecular flexibility index (Phi) is 1.45. The van der Waals surface area contributed by atoms with Crippen LogP contribution in [0.1, 0.15) is 12.8 Å². The first kappa shape index (κ1) is 8.21. The van der Waals surface area contributed by atoms with Gasteiger partial charge in [-0.15, -0.1) is 0 Å². The van der Waals surface area contributed by atoms with Crippen molar-refractivity contribution in [3.8, 4) is 0 Å². The van der Waals surface area contributed by atoms with Crippen LogP contribution in [0.5, 0.6) is 0 Å². The van der Waals surface area contributed by atoms with E-state index in [1.165, 1.54) is 4.90 Å². The number of allylic oxidation sites excluding steroid dienone is 2. The molecule has 0 radical (unpaired) electrons. The molecule has 4 atom stereocenters. The Bertz CT molecular complexity index is 315. The van der Waals surface area contributed by atoms with Crippen LogP contribution in [0.15, 0.2) is 12.2 Å². The van der Waals surface area contributed by atoms with E-state index in [-0.39, 0.29) is 23.7 Å². The van der Waals surface area contributed by atoms with E-state index in [2.05, 4.69) is 12.2 Å². The highest BCUT2D eigenvalue weighted by Crippen LogP contribution is 2.47. The molecule has 2 aliphatic carbocycles. The Balaban J connectivity index is 1.92. The summed E-state index contributed by atoms with van der Waals surface area (Å²) in [5.41, 5.74) is 0. The van der Waals surface area contributed by atoms with Crippen LogP contribution in [0.2, 0.25) is 0 Å². The Morgan fingerprint density at radius 1 is 1.07 bits per heavy atom. The highest BCUT2D eigenvalue weighted by molar-refractivity contribution is 6.05. The molecular formula is C11H13NO2. The minimum atomic E-state index is -0.0151. The topological polar surface area (TPSA) is 37.4 Å². The maximum absolute atomic E-state index is 11.7. The predicted octanol–water partition coefficient (Wildman–Crippen LogP) is 0.813. The van der Waals surface area contributed by atoms with Gasteiger partial charge < -0.3 is 0 Å². The summed E-state index contributed by atoms with van der Waals surface area (Å²) >= 11 is 0. The minimum Gasteiger partial charge on any atom is -0.285 e. The Morgan fingerprint density at radius 2 is 1.50 bits per heavy atom. The highest BCUT2D eigenvalue weighted by atomic mass is 16.2. The molecule has 0 aromatic carbocycles. The minimum absolute atomic E-state index is 0.0151. The molecule has 0 bridgehead atoms. The average Bonchev–Trinajstić information content (AvgIpc) is 2.34. The van der Waals surface area contributed by atoms with Crippen molar-refractivity contribution in [2.24, 2.45) is 23.7 Å². The first-order chi connectivity index (χ1) is 6.68. The van der Waals surface area contributed by atoms with Gasteiger partial charge in [0, 0.05) is 7.05 Å². The Morgan fingerprint density at radius 3 is 1.86 bits per heavy atom. The molecule has 1 heterocycles. The van der Waals surface area contributed by atoms with E-state index in [1.807, 2.05) is 0 Å². The first-order valence-electron chi connectivity index (χ1n) is 5.18. The van der Waals surface area contributed by atoms with Gasteiger partial charge in [0.1, 0.15) is 0 Å².